The van der Waals surface area contributed by atoms with Crippen LogP contribution in [0.4, 0.5) is 0 Å². The van der Waals surface area contributed by atoms with Crippen molar-refractivity contribution in [3.8, 4) is 5.75 Å². The maximum Gasteiger partial charge on any atom is 0.219 e. The van der Waals surface area contributed by atoms with E-state index >= 15 is 0 Å². The average molecular weight is 328 g/mol. The second-order valence-corrected chi connectivity index (χ2v) is 6.85. The van der Waals surface area contributed by atoms with Crippen molar-refractivity contribution >= 4 is 5.91 Å². The van der Waals surface area contributed by atoms with Gasteiger partial charge in [-0.25, -0.2) is 0 Å². The van der Waals surface area contributed by atoms with E-state index in [4.69, 9.17) is 4.74 Å². The molecule has 24 heavy (non-hydrogen) atoms. The predicted octanol–water partition coefficient (Wildman–Crippen LogP) is 3.23. The van der Waals surface area contributed by atoms with Gasteiger partial charge in [-0.3, -0.25) is 9.69 Å². The highest BCUT2D eigenvalue weighted by molar-refractivity contribution is 5.74. The van der Waals surface area contributed by atoms with Crippen LogP contribution in [0.15, 0.2) is 35.9 Å². The molecule has 4 nitrogen and oxygen atoms in total. The summed E-state index contributed by atoms with van der Waals surface area (Å²) in [5.41, 5.74) is 2.74. The molecule has 2 heterocycles. The molecule has 1 aromatic rings. The molecule has 0 N–H and O–H groups in total. The van der Waals surface area contributed by atoms with Crippen LogP contribution in [-0.2, 0) is 11.3 Å². The Kier molecular flexibility index (Phi) is 5.56. The molecule has 4 heteroatoms. The van der Waals surface area contributed by atoms with Crippen LogP contribution in [0.25, 0.3) is 0 Å². The van der Waals surface area contributed by atoms with Crippen molar-refractivity contribution in [2.45, 2.75) is 45.2 Å². The van der Waals surface area contributed by atoms with Gasteiger partial charge in [-0.2, -0.15) is 0 Å². The zero-order valence-corrected chi connectivity index (χ0v) is 14.8. The van der Waals surface area contributed by atoms with E-state index in [0.29, 0.717) is 6.04 Å². The van der Waals surface area contributed by atoms with Crippen molar-refractivity contribution in [1.82, 2.24) is 9.80 Å². The first-order valence-electron chi connectivity index (χ1n) is 8.99. The van der Waals surface area contributed by atoms with Gasteiger partial charge < -0.3 is 9.64 Å². The molecule has 2 aliphatic rings. The fourth-order valence-corrected chi connectivity index (χ4v) is 3.89. The molecule has 1 fully saturated rings. The molecular formula is C20H28N2O2. The molecule has 1 aromatic carbocycles. The fourth-order valence-electron chi connectivity index (χ4n) is 3.89. The lowest BCUT2D eigenvalue weighted by atomic mass is 9.92. The van der Waals surface area contributed by atoms with Crippen LogP contribution in [0.1, 0.15) is 38.2 Å². The number of ether oxygens (including phenoxy) is 1. The Morgan fingerprint density at radius 1 is 1.21 bits per heavy atom. The number of benzene rings is 1. The first kappa shape index (κ1) is 17.0. The van der Waals surface area contributed by atoms with Crippen molar-refractivity contribution in [3.05, 3.63) is 41.5 Å². The van der Waals surface area contributed by atoms with Crippen LogP contribution in [0.3, 0.4) is 0 Å². The van der Waals surface area contributed by atoms with Crippen molar-refractivity contribution in [1.29, 1.82) is 0 Å². The summed E-state index contributed by atoms with van der Waals surface area (Å²) in [5, 5.41) is 0. The Balaban J connectivity index is 1.64. The number of likely N-dealkylation sites (tertiary alicyclic amines) is 1. The Morgan fingerprint density at radius 2 is 2.00 bits per heavy atom. The van der Waals surface area contributed by atoms with E-state index < -0.39 is 0 Å². The van der Waals surface area contributed by atoms with Gasteiger partial charge in [-0.05, 0) is 49.0 Å². The number of hydrogen-bond acceptors (Lipinski definition) is 3. The number of rotatable bonds is 4. The molecule has 0 radical (unpaired) electrons. The van der Waals surface area contributed by atoms with Gasteiger partial charge in [0, 0.05) is 33.1 Å². The molecule has 130 valence electrons. The van der Waals surface area contributed by atoms with Gasteiger partial charge in [0.25, 0.3) is 0 Å². The Hall–Kier alpha value is -1.81. The third kappa shape index (κ3) is 3.99. The summed E-state index contributed by atoms with van der Waals surface area (Å²) in [6.45, 7) is 5.63. The molecule has 0 aromatic heterocycles. The minimum Gasteiger partial charge on any atom is -0.497 e. The van der Waals surface area contributed by atoms with Gasteiger partial charge in [-0.15, -0.1) is 0 Å². The van der Waals surface area contributed by atoms with Gasteiger partial charge in [0.1, 0.15) is 5.75 Å². The lowest BCUT2D eigenvalue weighted by Crippen LogP contribution is -2.46. The van der Waals surface area contributed by atoms with Gasteiger partial charge in [0.05, 0.1) is 13.2 Å². The summed E-state index contributed by atoms with van der Waals surface area (Å²) >= 11 is 0. The molecule has 1 amide bonds. The van der Waals surface area contributed by atoms with E-state index in [9.17, 15) is 4.79 Å². The topological polar surface area (TPSA) is 32.8 Å². The van der Waals surface area contributed by atoms with E-state index in [-0.39, 0.29) is 5.91 Å². The Bertz CT molecular complexity index is 594. The number of carbonyl (C=O) groups is 1. The second kappa shape index (κ2) is 7.84. The number of amides is 1. The lowest BCUT2D eigenvalue weighted by Gasteiger charge is -2.40. The van der Waals surface area contributed by atoms with E-state index in [2.05, 4.69) is 28.0 Å². The average Bonchev–Trinajstić information content (AvgIpc) is 2.62. The molecule has 0 saturated carbocycles. The van der Waals surface area contributed by atoms with Crippen LogP contribution in [0, 0.1) is 0 Å². The van der Waals surface area contributed by atoms with E-state index in [0.717, 1.165) is 51.2 Å². The van der Waals surface area contributed by atoms with E-state index in [1.54, 1.807) is 14.0 Å². The zero-order chi connectivity index (χ0) is 16.9. The summed E-state index contributed by atoms with van der Waals surface area (Å²) in [5.74, 6) is 1.12. The van der Waals surface area contributed by atoms with E-state index in [1.807, 2.05) is 12.1 Å². The van der Waals surface area contributed by atoms with Gasteiger partial charge in [0.15, 0.2) is 0 Å². The predicted molar refractivity (Wildman–Crippen MR) is 96.0 cm³/mol. The molecule has 0 spiro atoms. The minimum atomic E-state index is 0.216. The summed E-state index contributed by atoms with van der Waals surface area (Å²) in [6.07, 6.45) is 6.93. The molecule has 1 unspecified atom stereocenters. The largest absolute Gasteiger partial charge is 0.497 e. The highest BCUT2D eigenvalue weighted by atomic mass is 16.5. The molecule has 2 aliphatic heterocycles. The summed E-state index contributed by atoms with van der Waals surface area (Å²) in [4.78, 5) is 16.5. The normalized spacial score (nSPS) is 22.2. The third-order valence-electron chi connectivity index (χ3n) is 5.16. The SMILES string of the molecule is COc1ccc(CN2CCC=C(C3CCCCN3C(C)=O)C2)cc1. The molecular weight excluding hydrogens is 300 g/mol. The molecule has 1 saturated heterocycles. The van der Waals surface area contributed by atoms with Crippen molar-refractivity contribution in [3.63, 3.8) is 0 Å². The van der Waals surface area contributed by atoms with Crippen LogP contribution in [-0.4, -0.2) is 48.5 Å². The Labute approximate surface area is 145 Å². The van der Waals surface area contributed by atoms with Crippen LogP contribution in [0.5, 0.6) is 5.75 Å². The maximum atomic E-state index is 12.0. The first-order valence-corrected chi connectivity index (χ1v) is 8.99. The van der Waals surface area contributed by atoms with Crippen LogP contribution in [0.2, 0.25) is 0 Å². The quantitative estimate of drug-likeness (QED) is 0.796. The summed E-state index contributed by atoms with van der Waals surface area (Å²) in [6, 6.07) is 8.64. The fraction of sp³-hybridized carbons (Fsp3) is 0.550. The number of piperidine rings is 1. The van der Waals surface area contributed by atoms with Crippen LogP contribution < -0.4 is 4.74 Å². The smallest absolute Gasteiger partial charge is 0.219 e. The molecule has 0 bridgehead atoms. The van der Waals surface area contributed by atoms with Crippen molar-refractivity contribution < 1.29 is 9.53 Å². The van der Waals surface area contributed by atoms with Gasteiger partial charge in [0.2, 0.25) is 5.91 Å². The molecule has 0 aliphatic carbocycles. The summed E-state index contributed by atoms with van der Waals surface area (Å²) in [7, 11) is 1.70. The highest BCUT2D eigenvalue weighted by Gasteiger charge is 2.29. The maximum absolute atomic E-state index is 12.0. The van der Waals surface area contributed by atoms with E-state index in [1.165, 1.54) is 17.6 Å². The van der Waals surface area contributed by atoms with Gasteiger partial charge >= 0.3 is 0 Å². The van der Waals surface area contributed by atoms with Crippen LogP contribution >= 0.6 is 0 Å². The highest BCUT2D eigenvalue weighted by Crippen LogP contribution is 2.27. The minimum absolute atomic E-state index is 0.216. The van der Waals surface area contributed by atoms with Crippen molar-refractivity contribution in [2.75, 3.05) is 26.7 Å². The molecule has 1 atom stereocenters. The third-order valence-corrected chi connectivity index (χ3v) is 5.16. The monoisotopic (exact) mass is 328 g/mol. The lowest BCUT2D eigenvalue weighted by molar-refractivity contribution is -0.131. The summed E-state index contributed by atoms with van der Waals surface area (Å²) < 4.78 is 5.23. The number of carbonyl (C=O) groups excluding carboxylic acids is 1. The van der Waals surface area contributed by atoms with Crippen molar-refractivity contribution in [2.24, 2.45) is 0 Å². The number of nitrogens with zero attached hydrogens (tertiary/aromatic N) is 2. The number of hydrogen-bond donors (Lipinski definition) is 0. The first-order chi connectivity index (χ1) is 11.7. The van der Waals surface area contributed by atoms with Gasteiger partial charge in [-0.1, -0.05) is 18.2 Å². The standard InChI is InChI=1S/C20H28N2O2/c1-16(23)22-13-4-3-7-20(22)18-6-5-12-21(15-18)14-17-8-10-19(24-2)11-9-17/h6,8-11,20H,3-5,7,12-15H2,1-2H3. The Morgan fingerprint density at radius 3 is 2.71 bits per heavy atom. The number of methoxy groups -OCH3 is 1. The zero-order valence-electron chi connectivity index (χ0n) is 14.8. The second-order valence-electron chi connectivity index (χ2n) is 6.85. The molecule has 3 rings (SSSR count).